The maximum absolute atomic E-state index is 12.9. The molecule has 0 atom stereocenters. The SMILES string of the molecule is C/C(CC(C)C)=C(/CC(=O)Sc1ccccc1)C(=O)Sc1ccccc1. The monoisotopic (exact) mass is 384 g/mol. The van der Waals surface area contributed by atoms with Gasteiger partial charge in [-0.1, -0.05) is 67.6 Å². The number of carbonyl (C=O) groups excluding carboxylic acids is 2. The molecule has 0 amide bonds. The molecule has 0 radical (unpaired) electrons. The molecule has 0 fully saturated rings. The second-order valence-corrected chi connectivity index (χ2v) is 8.70. The molecule has 4 heteroatoms. The second-order valence-electron chi connectivity index (χ2n) is 6.52. The first-order chi connectivity index (χ1) is 12.5. The molecule has 0 aromatic heterocycles. The van der Waals surface area contributed by atoms with Crippen LogP contribution in [-0.2, 0) is 9.59 Å². The maximum Gasteiger partial charge on any atom is 0.220 e. The van der Waals surface area contributed by atoms with E-state index in [0.717, 1.165) is 21.8 Å². The highest BCUT2D eigenvalue weighted by Crippen LogP contribution is 2.30. The van der Waals surface area contributed by atoms with Crippen LogP contribution in [0.2, 0.25) is 0 Å². The summed E-state index contributed by atoms with van der Waals surface area (Å²) >= 11 is 2.39. The van der Waals surface area contributed by atoms with E-state index in [1.54, 1.807) is 0 Å². The fourth-order valence-electron chi connectivity index (χ4n) is 2.59. The van der Waals surface area contributed by atoms with E-state index in [4.69, 9.17) is 0 Å². The van der Waals surface area contributed by atoms with Gasteiger partial charge in [-0.05, 0) is 55.3 Å². The van der Waals surface area contributed by atoms with Gasteiger partial charge in [0.2, 0.25) is 5.12 Å². The molecule has 0 aliphatic carbocycles. The van der Waals surface area contributed by atoms with E-state index in [0.29, 0.717) is 11.5 Å². The summed E-state index contributed by atoms with van der Waals surface area (Å²) in [5, 5.41) is -0.0346. The molecule has 0 saturated carbocycles. The highest BCUT2D eigenvalue weighted by molar-refractivity contribution is 8.14. The highest BCUT2D eigenvalue weighted by Gasteiger charge is 2.19. The summed E-state index contributed by atoms with van der Waals surface area (Å²) < 4.78 is 0. The summed E-state index contributed by atoms with van der Waals surface area (Å²) in [6.45, 7) is 6.21. The van der Waals surface area contributed by atoms with Gasteiger partial charge in [0, 0.05) is 21.8 Å². The molecule has 136 valence electrons. The Morgan fingerprint density at radius 3 is 1.85 bits per heavy atom. The van der Waals surface area contributed by atoms with E-state index in [-0.39, 0.29) is 16.7 Å². The minimum Gasteiger partial charge on any atom is -0.286 e. The van der Waals surface area contributed by atoms with Crippen LogP contribution in [0.25, 0.3) is 0 Å². The van der Waals surface area contributed by atoms with Crippen molar-refractivity contribution in [2.24, 2.45) is 5.92 Å². The largest absolute Gasteiger partial charge is 0.286 e. The third-order valence-corrected chi connectivity index (χ3v) is 5.55. The Hall–Kier alpha value is -1.78. The Labute approximate surface area is 164 Å². The maximum atomic E-state index is 12.9. The van der Waals surface area contributed by atoms with Gasteiger partial charge in [-0.3, -0.25) is 9.59 Å². The van der Waals surface area contributed by atoms with Gasteiger partial charge in [0.15, 0.2) is 5.12 Å². The molecule has 0 aliphatic rings. The lowest BCUT2D eigenvalue weighted by atomic mass is 9.98. The van der Waals surface area contributed by atoms with Crippen LogP contribution in [0, 0.1) is 5.92 Å². The third-order valence-electron chi connectivity index (χ3n) is 3.73. The topological polar surface area (TPSA) is 34.1 Å². The number of allylic oxidation sites excluding steroid dienone is 1. The fourth-order valence-corrected chi connectivity index (χ4v) is 4.24. The van der Waals surface area contributed by atoms with Crippen LogP contribution in [0.4, 0.5) is 0 Å². The van der Waals surface area contributed by atoms with Crippen LogP contribution >= 0.6 is 23.5 Å². The standard InChI is InChI=1S/C22H24O2S2/c1-16(2)14-17(3)20(22(24)26-19-12-8-5-9-13-19)15-21(23)25-18-10-6-4-7-11-18/h4-13,16H,14-15H2,1-3H3/b20-17+. The Kier molecular flexibility index (Phi) is 8.20. The molecule has 0 heterocycles. The van der Waals surface area contributed by atoms with E-state index >= 15 is 0 Å². The van der Waals surface area contributed by atoms with Crippen molar-refractivity contribution in [2.75, 3.05) is 0 Å². The van der Waals surface area contributed by atoms with Crippen LogP contribution in [0.1, 0.15) is 33.6 Å². The zero-order chi connectivity index (χ0) is 18.9. The normalized spacial score (nSPS) is 12.0. The predicted octanol–water partition coefficient (Wildman–Crippen LogP) is 6.38. The number of hydrogen-bond acceptors (Lipinski definition) is 4. The average Bonchev–Trinajstić information content (AvgIpc) is 2.60. The first-order valence-corrected chi connectivity index (χ1v) is 10.3. The number of hydrogen-bond donors (Lipinski definition) is 0. The molecule has 0 aliphatic heterocycles. The first-order valence-electron chi connectivity index (χ1n) is 8.67. The second kappa shape index (κ2) is 10.4. The summed E-state index contributed by atoms with van der Waals surface area (Å²) in [4.78, 5) is 27.2. The van der Waals surface area contributed by atoms with Crippen LogP contribution in [0.3, 0.4) is 0 Å². The van der Waals surface area contributed by atoms with Gasteiger partial charge < -0.3 is 0 Å². The number of benzene rings is 2. The highest BCUT2D eigenvalue weighted by atomic mass is 32.2. The molecule has 0 spiro atoms. The van der Waals surface area contributed by atoms with Crippen molar-refractivity contribution in [3.63, 3.8) is 0 Å². The smallest absolute Gasteiger partial charge is 0.220 e. The summed E-state index contributed by atoms with van der Waals surface area (Å²) in [7, 11) is 0. The zero-order valence-corrected chi connectivity index (χ0v) is 17.0. The zero-order valence-electron chi connectivity index (χ0n) is 15.4. The Balaban J connectivity index is 2.15. The van der Waals surface area contributed by atoms with E-state index in [1.165, 1.54) is 23.5 Å². The van der Waals surface area contributed by atoms with Crippen molar-refractivity contribution in [3.8, 4) is 0 Å². The Bertz CT molecular complexity index is 765. The lowest BCUT2D eigenvalue weighted by molar-refractivity contribution is -0.113. The molecule has 0 bridgehead atoms. The minimum atomic E-state index is -0.0311. The van der Waals surface area contributed by atoms with Crippen molar-refractivity contribution in [1.29, 1.82) is 0 Å². The Morgan fingerprint density at radius 2 is 1.35 bits per heavy atom. The summed E-state index contributed by atoms with van der Waals surface area (Å²) in [6, 6.07) is 19.1. The molecular formula is C22H24O2S2. The van der Waals surface area contributed by atoms with E-state index in [9.17, 15) is 9.59 Å². The number of thioether (sulfide) groups is 2. The van der Waals surface area contributed by atoms with Crippen molar-refractivity contribution >= 4 is 33.8 Å². The van der Waals surface area contributed by atoms with Gasteiger partial charge in [-0.25, -0.2) is 0 Å². The van der Waals surface area contributed by atoms with E-state index < -0.39 is 0 Å². The molecule has 2 aromatic carbocycles. The van der Waals surface area contributed by atoms with Crippen molar-refractivity contribution in [2.45, 2.75) is 43.4 Å². The number of rotatable bonds is 7. The molecule has 0 unspecified atom stereocenters. The molecule has 0 saturated heterocycles. The number of carbonyl (C=O) groups is 2. The first kappa shape index (κ1) is 20.5. The molecule has 2 aromatic rings. The lowest BCUT2D eigenvalue weighted by Gasteiger charge is -2.13. The van der Waals surface area contributed by atoms with Crippen LogP contribution in [-0.4, -0.2) is 10.2 Å². The van der Waals surface area contributed by atoms with Gasteiger partial charge in [-0.15, -0.1) is 0 Å². The van der Waals surface area contributed by atoms with Crippen LogP contribution in [0.15, 0.2) is 81.6 Å². The predicted molar refractivity (Wildman–Crippen MR) is 111 cm³/mol. The summed E-state index contributed by atoms with van der Waals surface area (Å²) in [5.74, 6) is 0.441. The summed E-state index contributed by atoms with van der Waals surface area (Å²) in [5.41, 5.74) is 1.65. The summed E-state index contributed by atoms with van der Waals surface area (Å²) in [6.07, 6.45) is 0.983. The minimum absolute atomic E-state index is 0.00341. The van der Waals surface area contributed by atoms with E-state index in [1.807, 2.05) is 67.6 Å². The van der Waals surface area contributed by atoms with Gasteiger partial charge in [-0.2, -0.15) is 0 Å². The third kappa shape index (κ3) is 6.85. The van der Waals surface area contributed by atoms with Gasteiger partial charge in [0.25, 0.3) is 0 Å². The molecule has 0 N–H and O–H groups in total. The van der Waals surface area contributed by atoms with E-state index in [2.05, 4.69) is 13.8 Å². The quantitative estimate of drug-likeness (QED) is 0.410. The van der Waals surface area contributed by atoms with Gasteiger partial charge >= 0.3 is 0 Å². The average molecular weight is 385 g/mol. The molecule has 2 rings (SSSR count). The van der Waals surface area contributed by atoms with Gasteiger partial charge in [0.05, 0.1) is 0 Å². The molecule has 26 heavy (non-hydrogen) atoms. The fraction of sp³-hybridized carbons (Fsp3) is 0.273. The van der Waals surface area contributed by atoms with Crippen LogP contribution < -0.4 is 0 Å². The van der Waals surface area contributed by atoms with Gasteiger partial charge in [0.1, 0.15) is 0 Å². The molecular weight excluding hydrogens is 360 g/mol. The van der Waals surface area contributed by atoms with Crippen molar-refractivity contribution in [1.82, 2.24) is 0 Å². The van der Waals surface area contributed by atoms with Crippen molar-refractivity contribution < 1.29 is 9.59 Å². The lowest BCUT2D eigenvalue weighted by Crippen LogP contribution is -2.07. The Morgan fingerprint density at radius 1 is 0.846 bits per heavy atom. The molecule has 2 nitrogen and oxygen atoms in total. The van der Waals surface area contributed by atoms with Crippen LogP contribution in [0.5, 0.6) is 0 Å². The van der Waals surface area contributed by atoms with Crippen molar-refractivity contribution in [3.05, 3.63) is 71.8 Å².